The molecule has 3 rings (SSSR count). The fourth-order valence-corrected chi connectivity index (χ4v) is 3.32. The van der Waals surface area contributed by atoms with Crippen molar-refractivity contribution in [3.63, 3.8) is 0 Å². The van der Waals surface area contributed by atoms with Gasteiger partial charge in [-0.2, -0.15) is 0 Å². The second kappa shape index (κ2) is 5.54. The number of benzene rings is 1. The van der Waals surface area contributed by atoms with Gasteiger partial charge >= 0.3 is 0 Å². The fraction of sp³-hybridized carbons (Fsp3) is 0.562. The quantitative estimate of drug-likeness (QED) is 0.864. The highest BCUT2D eigenvalue weighted by Gasteiger charge is 2.26. The number of rotatable bonds is 2. The molecule has 0 aliphatic carbocycles. The molecule has 4 nitrogen and oxygen atoms in total. The number of carbonyl (C=O) groups is 1. The van der Waals surface area contributed by atoms with Gasteiger partial charge in [-0.3, -0.25) is 4.79 Å². The topological polar surface area (TPSA) is 52.6 Å². The Morgan fingerprint density at radius 1 is 1.45 bits per heavy atom. The number of fused-ring (bicyclic) bond motifs is 1. The highest BCUT2D eigenvalue weighted by Crippen LogP contribution is 2.32. The molecule has 2 N–H and O–H groups in total. The van der Waals surface area contributed by atoms with E-state index in [0.29, 0.717) is 0 Å². The van der Waals surface area contributed by atoms with Crippen LogP contribution in [0.1, 0.15) is 43.4 Å². The predicted molar refractivity (Wildman–Crippen MR) is 78.8 cm³/mol. The van der Waals surface area contributed by atoms with E-state index in [1.807, 2.05) is 17.0 Å². The Labute approximate surface area is 119 Å². The minimum atomic E-state index is -0.487. The van der Waals surface area contributed by atoms with Crippen LogP contribution < -0.4 is 10.2 Å². The molecule has 1 saturated heterocycles. The number of nitrogens with one attached hydrogen (secondary N) is 1. The highest BCUT2D eigenvalue weighted by molar-refractivity contribution is 5.92. The van der Waals surface area contributed by atoms with Crippen molar-refractivity contribution < 1.29 is 9.90 Å². The Bertz CT molecular complexity index is 509. The smallest absolute Gasteiger partial charge is 0.223 e. The molecule has 4 heteroatoms. The van der Waals surface area contributed by atoms with Crippen LogP contribution in [0.2, 0.25) is 0 Å². The van der Waals surface area contributed by atoms with Gasteiger partial charge in [0.15, 0.2) is 0 Å². The van der Waals surface area contributed by atoms with Gasteiger partial charge in [-0.25, -0.2) is 0 Å². The van der Waals surface area contributed by atoms with E-state index in [4.69, 9.17) is 0 Å². The molecule has 2 heterocycles. The van der Waals surface area contributed by atoms with Gasteiger partial charge in [0.1, 0.15) is 0 Å². The molecule has 1 amide bonds. The maximum absolute atomic E-state index is 11.7. The van der Waals surface area contributed by atoms with Gasteiger partial charge in [0, 0.05) is 25.2 Å². The third-order valence-corrected chi connectivity index (χ3v) is 4.43. The normalized spacial score (nSPS) is 23.5. The zero-order chi connectivity index (χ0) is 14.1. The van der Waals surface area contributed by atoms with Gasteiger partial charge in [0.05, 0.1) is 6.10 Å². The van der Waals surface area contributed by atoms with Gasteiger partial charge in [-0.15, -0.1) is 0 Å². The number of anilines is 1. The maximum atomic E-state index is 11.7. The van der Waals surface area contributed by atoms with Crippen LogP contribution in [-0.4, -0.2) is 30.1 Å². The molecule has 0 radical (unpaired) electrons. The molecule has 1 aromatic rings. The molecule has 1 fully saturated rings. The lowest BCUT2D eigenvalue weighted by Crippen LogP contribution is -2.34. The summed E-state index contributed by atoms with van der Waals surface area (Å²) in [5.74, 6) is 0.0802. The number of amides is 1. The van der Waals surface area contributed by atoms with Crippen LogP contribution in [0.5, 0.6) is 0 Å². The fourth-order valence-electron chi connectivity index (χ4n) is 3.32. The number of hydrogen-bond donors (Lipinski definition) is 2. The van der Waals surface area contributed by atoms with E-state index in [2.05, 4.69) is 11.4 Å². The predicted octanol–water partition coefficient (Wildman–Crippen LogP) is 1.77. The highest BCUT2D eigenvalue weighted by atomic mass is 16.3. The van der Waals surface area contributed by atoms with E-state index in [0.717, 1.165) is 50.0 Å². The lowest BCUT2D eigenvalue weighted by molar-refractivity contribution is -0.116. The maximum Gasteiger partial charge on any atom is 0.223 e. The number of aliphatic hydroxyl groups excluding tert-OH is 1. The number of aliphatic hydroxyl groups is 1. The third-order valence-electron chi connectivity index (χ3n) is 4.43. The van der Waals surface area contributed by atoms with Crippen LogP contribution >= 0.6 is 0 Å². The summed E-state index contributed by atoms with van der Waals surface area (Å²) in [6, 6.07) is 6.22. The van der Waals surface area contributed by atoms with Gasteiger partial charge < -0.3 is 15.3 Å². The number of hydrogen-bond acceptors (Lipinski definition) is 3. The van der Waals surface area contributed by atoms with Crippen molar-refractivity contribution in [3.8, 4) is 0 Å². The van der Waals surface area contributed by atoms with Crippen molar-refractivity contribution >= 4 is 11.6 Å². The lowest BCUT2D eigenvalue weighted by atomic mass is 9.95. The second-order valence-corrected chi connectivity index (χ2v) is 5.81. The molecule has 0 spiro atoms. The molecule has 20 heavy (non-hydrogen) atoms. The first kappa shape index (κ1) is 13.6. The minimum absolute atomic E-state index is 0.0802. The van der Waals surface area contributed by atoms with Gasteiger partial charge in [0.2, 0.25) is 5.91 Å². The molecule has 1 aromatic carbocycles. The Hall–Kier alpha value is -1.39. The first-order chi connectivity index (χ1) is 9.66. The molecule has 0 bridgehead atoms. The van der Waals surface area contributed by atoms with Crippen LogP contribution in [0.25, 0.3) is 0 Å². The summed E-state index contributed by atoms with van der Waals surface area (Å²) >= 11 is 0. The molecule has 2 aliphatic rings. The third kappa shape index (κ3) is 2.45. The van der Waals surface area contributed by atoms with Crippen molar-refractivity contribution in [2.45, 2.75) is 44.8 Å². The molecule has 2 aliphatic heterocycles. The summed E-state index contributed by atoms with van der Waals surface area (Å²) in [6.07, 6.45) is 3.66. The van der Waals surface area contributed by atoms with Crippen molar-refractivity contribution in [2.75, 3.05) is 18.0 Å². The summed E-state index contributed by atoms with van der Waals surface area (Å²) < 4.78 is 0. The van der Waals surface area contributed by atoms with Crippen LogP contribution in [0.3, 0.4) is 0 Å². The van der Waals surface area contributed by atoms with E-state index in [1.54, 1.807) is 6.92 Å². The van der Waals surface area contributed by atoms with Gasteiger partial charge in [-0.1, -0.05) is 12.1 Å². The van der Waals surface area contributed by atoms with Crippen LogP contribution in [-0.2, 0) is 11.2 Å². The minimum Gasteiger partial charge on any atom is -0.387 e. The Morgan fingerprint density at radius 2 is 2.30 bits per heavy atom. The number of aryl methyl sites for hydroxylation is 1. The van der Waals surface area contributed by atoms with Crippen molar-refractivity contribution in [2.24, 2.45) is 0 Å². The van der Waals surface area contributed by atoms with E-state index in [1.165, 1.54) is 5.56 Å². The molecule has 2 unspecified atom stereocenters. The summed E-state index contributed by atoms with van der Waals surface area (Å²) in [5.41, 5.74) is 3.11. The Balaban J connectivity index is 1.90. The zero-order valence-electron chi connectivity index (χ0n) is 11.9. The van der Waals surface area contributed by atoms with Crippen LogP contribution in [0.15, 0.2) is 18.2 Å². The summed E-state index contributed by atoms with van der Waals surface area (Å²) in [6.45, 7) is 3.37. The van der Waals surface area contributed by atoms with E-state index in [-0.39, 0.29) is 11.9 Å². The van der Waals surface area contributed by atoms with Gasteiger partial charge in [-0.05, 0) is 49.4 Å². The molecule has 0 aromatic heterocycles. The van der Waals surface area contributed by atoms with Crippen LogP contribution in [0, 0.1) is 0 Å². The van der Waals surface area contributed by atoms with Crippen LogP contribution in [0.4, 0.5) is 5.69 Å². The largest absolute Gasteiger partial charge is 0.387 e. The van der Waals surface area contributed by atoms with E-state index < -0.39 is 6.10 Å². The second-order valence-electron chi connectivity index (χ2n) is 5.81. The molecular weight excluding hydrogens is 252 g/mol. The summed E-state index contributed by atoms with van der Waals surface area (Å²) in [7, 11) is 0. The standard InChI is InChI=1S/C16H22N2O2/c1-11(19)18-9-3-4-12-6-7-13(10-15(12)18)16(20)14-5-2-8-17-14/h6-7,10,14,16-17,20H,2-5,8-9H2,1H3. The Morgan fingerprint density at radius 3 is 3.00 bits per heavy atom. The van der Waals surface area contributed by atoms with Crippen molar-refractivity contribution in [1.82, 2.24) is 5.32 Å². The summed E-state index contributed by atoms with van der Waals surface area (Å²) in [4.78, 5) is 13.6. The van der Waals surface area contributed by atoms with E-state index >= 15 is 0 Å². The molecule has 108 valence electrons. The lowest BCUT2D eigenvalue weighted by Gasteiger charge is -2.30. The zero-order valence-corrected chi connectivity index (χ0v) is 11.9. The molecule has 2 atom stereocenters. The van der Waals surface area contributed by atoms with Crippen molar-refractivity contribution in [3.05, 3.63) is 29.3 Å². The SMILES string of the molecule is CC(=O)N1CCCc2ccc(C(O)C3CCCN3)cc21. The van der Waals surface area contributed by atoms with Gasteiger partial charge in [0.25, 0.3) is 0 Å². The number of nitrogens with zero attached hydrogens (tertiary/aromatic N) is 1. The van der Waals surface area contributed by atoms with E-state index in [9.17, 15) is 9.90 Å². The molecule has 0 saturated carbocycles. The summed E-state index contributed by atoms with van der Waals surface area (Å²) in [5, 5.41) is 13.8. The average Bonchev–Trinajstić information content (AvgIpc) is 2.99. The average molecular weight is 274 g/mol. The Kier molecular flexibility index (Phi) is 3.76. The first-order valence-electron chi connectivity index (χ1n) is 7.49. The monoisotopic (exact) mass is 274 g/mol. The molecular formula is C16H22N2O2. The first-order valence-corrected chi connectivity index (χ1v) is 7.49. The van der Waals surface area contributed by atoms with Crippen molar-refractivity contribution in [1.29, 1.82) is 0 Å². The number of carbonyl (C=O) groups excluding carboxylic acids is 1.